The van der Waals surface area contributed by atoms with Crippen molar-refractivity contribution in [1.29, 1.82) is 0 Å². The monoisotopic (exact) mass is 302 g/mol. The summed E-state index contributed by atoms with van der Waals surface area (Å²) in [5, 5.41) is 4.34. The fourth-order valence-corrected chi connectivity index (χ4v) is 2.92. The Balaban J connectivity index is 1.47. The Kier molecular flexibility index (Phi) is 7.02. The first-order valence-electron chi connectivity index (χ1n) is 7.55. The molecule has 0 amide bonds. The Hall–Kier alpha value is -1.61. The second-order valence-electron chi connectivity index (χ2n) is 5.18. The SMILES string of the molecule is O=C(Cc1ccccc1)OCCCCCCc1ccsc1. The number of aryl methyl sites for hydroxylation is 1. The molecule has 0 aliphatic heterocycles. The molecule has 0 bridgehead atoms. The maximum atomic E-state index is 11.6. The predicted octanol–water partition coefficient (Wildman–Crippen LogP) is 4.64. The smallest absolute Gasteiger partial charge is 0.310 e. The number of esters is 1. The molecule has 0 N–H and O–H groups in total. The molecule has 0 spiro atoms. The van der Waals surface area contributed by atoms with Gasteiger partial charge in [-0.1, -0.05) is 43.2 Å². The highest BCUT2D eigenvalue weighted by Crippen LogP contribution is 2.11. The molecule has 112 valence electrons. The van der Waals surface area contributed by atoms with Crippen molar-refractivity contribution in [3.8, 4) is 0 Å². The molecule has 2 rings (SSSR count). The van der Waals surface area contributed by atoms with Crippen molar-refractivity contribution in [1.82, 2.24) is 0 Å². The summed E-state index contributed by atoms with van der Waals surface area (Å²) in [7, 11) is 0. The Morgan fingerprint density at radius 2 is 1.76 bits per heavy atom. The molecule has 0 unspecified atom stereocenters. The van der Waals surface area contributed by atoms with Gasteiger partial charge in [0.25, 0.3) is 0 Å². The summed E-state index contributed by atoms with van der Waals surface area (Å²) >= 11 is 1.76. The molecule has 1 aromatic carbocycles. The first-order chi connectivity index (χ1) is 10.3. The molecule has 3 heteroatoms. The minimum atomic E-state index is -0.125. The molecule has 2 aromatic rings. The molecule has 1 heterocycles. The van der Waals surface area contributed by atoms with Crippen LogP contribution in [-0.2, 0) is 22.4 Å². The van der Waals surface area contributed by atoms with Crippen LogP contribution in [0.1, 0.15) is 36.8 Å². The van der Waals surface area contributed by atoms with Crippen LogP contribution in [0.3, 0.4) is 0 Å². The highest BCUT2D eigenvalue weighted by atomic mass is 32.1. The van der Waals surface area contributed by atoms with Crippen molar-refractivity contribution >= 4 is 17.3 Å². The van der Waals surface area contributed by atoms with E-state index in [2.05, 4.69) is 16.8 Å². The van der Waals surface area contributed by atoms with Crippen LogP contribution >= 0.6 is 11.3 Å². The van der Waals surface area contributed by atoms with Gasteiger partial charge in [-0.15, -0.1) is 0 Å². The van der Waals surface area contributed by atoms with Crippen LogP contribution in [0.5, 0.6) is 0 Å². The highest BCUT2D eigenvalue weighted by Gasteiger charge is 2.03. The van der Waals surface area contributed by atoms with Gasteiger partial charge in [0.1, 0.15) is 0 Å². The Morgan fingerprint density at radius 1 is 0.952 bits per heavy atom. The molecule has 0 aliphatic carbocycles. The lowest BCUT2D eigenvalue weighted by Crippen LogP contribution is -2.09. The quantitative estimate of drug-likeness (QED) is 0.498. The maximum absolute atomic E-state index is 11.6. The predicted molar refractivity (Wildman–Crippen MR) is 87.6 cm³/mol. The number of carbonyl (C=O) groups excluding carboxylic acids is 1. The third kappa shape index (κ3) is 6.58. The normalized spacial score (nSPS) is 10.5. The van der Waals surface area contributed by atoms with Crippen LogP contribution in [0.15, 0.2) is 47.2 Å². The van der Waals surface area contributed by atoms with E-state index in [1.807, 2.05) is 30.3 Å². The fraction of sp³-hybridized carbons (Fsp3) is 0.389. The summed E-state index contributed by atoms with van der Waals surface area (Å²) < 4.78 is 5.26. The first-order valence-corrected chi connectivity index (χ1v) is 8.49. The third-order valence-corrected chi connectivity index (χ3v) is 4.13. The zero-order valence-electron chi connectivity index (χ0n) is 12.3. The van der Waals surface area contributed by atoms with Crippen molar-refractivity contribution in [2.24, 2.45) is 0 Å². The summed E-state index contributed by atoms with van der Waals surface area (Å²) in [4.78, 5) is 11.6. The highest BCUT2D eigenvalue weighted by molar-refractivity contribution is 7.07. The van der Waals surface area contributed by atoms with Crippen LogP contribution in [0, 0.1) is 0 Å². The van der Waals surface area contributed by atoms with Crippen LogP contribution in [0.25, 0.3) is 0 Å². The van der Waals surface area contributed by atoms with Gasteiger partial charge in [0.15, 0.2) is 0 Å². The first kappa shape index (κ1) is 15.8. The summed E-state index contributed by atoms with van der Waals surface area (Å²) in [6, 6.07) is 11.9. The molecule has 0 atom stereocenters. The number of carbonyl (C=O) groups is 1. The van der Waals surface area contributed by atoms with Gasteiger partial charge in [-0.25, -0.2) is 0 Å². The molecular weight excluding hydrogens is 280 g/mol. The molecule has 21 heavy (non-hydrogen) atoms. The van der Waals surface area contributed by atoms with Crippen molar-refractivity contribution in [2.45, 2.75) is 38.5 Å². The van der Waals surface area contributed by atoms with E-state index in [-0.39, 0.29) is 5.97 Å². The van der Waals surface area contributed by atoms with Gasteiger partial charge in [0.05, 0.1) is 13.0 Å². The number of rotatable bonds is 9. The average Bonchev–Trinajstić information content (AvgIpc) is 3.00. The molecule has 0 fully saturated rings. The van der Waals surface area contributed by atoms with E-state index in [0.717, 1.165) is 24.8 Å². The average molecular weight is 302 g/mol. The lowest BCUT2D eigenvalue weighted by Gasteiger charge is -2.05. The van der Waals surface area contributed by atoms with Crippen molar-refractivity contribution < 1.29 is 9.53 Å². The van der Waals surface area contributed by atoms with E-state index in [1.54, 1.807) is 11.3 Å². The number of unbranched alkanes of at least 4 members (excludes halogenated alkanes) is 3. The zero-order chi connectivity index (χ0) is 14.8. The van der Waals surface area contributed by atoms with Gasteiger partial charge in [-0.2, -0.15) is 11.3 Å². The van der Waals surface area contributed by atoms with Gasteiger partial charge >= 0.3 is 5.97 Å². The van der Waals surface area contributed by atoms with Gasteiger partial charge < -0.3 is 4.74 Å². The Morgan fingerprint density at radius 3 is 2.52 bits per heavy atom. The fourth-order valence-electron chi connectivity index (χ4n) is 2.22. The summed E-state index contributed by atoms with van der Waals surface area (Å²) in [6.45, 7) is 0.546. The van der Waals surface area contributed by atoms with E-state index < -0.39 is 0 Å². The molecule has 0 aliphatic rings. The largest absolute Gasteiger partial charge is 0.465 e. The zero-order valence-corrected chi connectivity index (χ0v) is 13.1. The molecule has 0 radical (unpaired) electrons. The lowest BCUT2D eigenvalue weighted by atomic mass is 10.1. The minimum absolute atomic E-state index is 0.125. The molecule has 2 nitrogen and oxygen atoms in total. The van der Waals surface area contributed by atoms with Crippen molar-refractivity contribution in [2.75, 3.05) is 6.61 Å². The third-order valence-electron chi connectivity index (χ3n) is 3.39. The van der Waals surface area contributed by atoms with Crippen molar-refractivity contribution in [3.05, 3.63) is 58.3 Å². The van der Waals surface area contributed by atoms with E-state index in [9.17, 15) is 4.79 Å². The lowest BCUT2D eigenvalue weighted by molar-refractivity contribution is -0.142. The van der Waals surface area contributed by atoms with Gasteiger partial charge in [-0.05, 0) is 47.2 Å². The van der Waals surface area contributed by atoms with E-state index in [1.165, 1.54) is 18.4 Å². The van der Waals surface area contributed by atoms with Gasteiger partial charge in [-0.3, -0.25) is 4.79 Å². The number of ether oxygens (including phenoxy) is 1. The maximum Gasteiger partial charge on any atom is 0.310 e. The Labute approximate surface area is 130 Å². The second kappa shape index (κ2) is 9.35. The second-order valence-corrected chi connectivity index (χ2v) is 5.96. The van der Waals surface area contributed by atoms with Gasteiger partial charge in [0.2, 0.25) is 0 Å². The minimum Gasteiger partial charge on any atom is -0.465 e. The summed E-state index contributed by atoms with van der Waals surface area (Å²) in [5.41, 5.74) is 2.45. The summed E-state index contributed by atoms with van der Waals surface area (Å²) in [5.74, 6) is -0.125. The molecule has 0 saturated heterocycles. The Bertz CT molecular complexity index is 505. The number of benzene rings is 1. The van der Waals surface area contributed by atoms with Crippen LogP contribution in [0.4, 0.5) is 0 Å². The number of hydrogen-bond acceptors (Lipinski definition) is 3. The van der Waals surface area contributed by atoms with Crippen LogP contribution < -0.4 is 0 Å². The van der Waals surface area contributed by atoms with Gasteiger partial charge in [0, 0.05) is 0 Å². The van der Waals surface area contributed by atoms with Crippen LogP contribution in [-0.4, -0.2) is 12.6 Å². The molecular formula is C18H22O2S. The topological polar surface area (TPSA) is 26.3 Å². The number of hydrogen-bond donors (Lipinski definition) is 0. The standard InChI is InChI=1S/C18H22O2S/c19-18(14-16-8-5-3-6-9-16)20-12-7-2-1-4-10-17-11-13-21-15-17/h3,5-6,8-9,11,13,15H,1-2,4,7,10,12,14H2. The van der Waals surface area contributed by atoms with E-state index in [4.69, 9.17) is 4.74 Å². The van der Waals surface area contributed by atoms with Crippen molar-refractivity contribution in [3.63, 3.8) is 0 Å². The summed E-state index contributed by atoms with van der Waals surface area (Å²) in [6.07, 6.45) is 6.05. The van der Waals surface area contributed by atoms with Crippen LogP contribution in [0.2, 0.25) is 0 Å². The molecule has 0 saturated carbocycles. The number of thiophene rings is 1. The molecule has 1 aromatic heterocycles. The van der Waals surface area contributed by atoms with E-state index in [0.29, 0.717) is 13.0 Å². The van der Waals surface area contributed by atoms with E-state index >= 15 is 0 Å².